The highest BCUT2D eigenvalue weighted by molar-refractivity contribution is 6.42. The van der Waals surface area contributed by atoms with Crippen LogP contribution in [-0.2, 0) is 11.3 Å². The summed E-state index contributed by atoms with van der Waals surface area (Å²) in [7, 11) is 0. The van der Waals surface area contributed by atoms with Crippen LogP contribution >= 0.6 is 23.2 Å². The number of hydrogen-bond donors (Lipinski definition) is 1. The zero-order valence-corrected chi connectivity index (χ0v) is 19.5. The van der Waals surface area contributed by atoms with Gasteiger partial charge in [0, 0.05) is 38.2 Å². The third-order valence-electron chi connectivity index (χ3n) is 5.48. The Kier molecular flexibility index (Phi) is 8.91. The van der Waals surface area contributed by atoms with Gasteiger partial charge in [-0.1, -0.05) is 29.3 Å². The lowest BCUT2D eigenvalue weighted by atomic mass is 10.0. The summed E-state index contributed by atoms with van der Waals surface area (Å²) in [5, 5.41) is 4.21. The van der Waals surface area contributed by atoms with E-state index in [-0.39, 0.29) is 23.3 Å². The molecule has 172 valence electrons. The van der Waals surface area contributed by atoms with Crippen LogP contribution in [0.25, 0.3) is 0 Å². The molecule has 8 heteroatoms. The largest absolute Gasteiger partial charge is 0.493 e. The first-order chi connectivity index (χ1) is 15.3. The van der Waals surface area contributed by atoms with Crippen LogP contribution in [-0.4, -0.2) is 42.3 Å². The molecule has 5 nitrogen and oxygen atoms in total. The zero-order chi connectivity index (χ0) is 23.1. The molecule has 2 aromatic carbocycles. The number of Topliss-reactive ketones (excluding diaryl/α,β-unsaturated/α-hetero) is 1. The maximum absolute atomic E-state index is 13.8. The minimum absolute atomic E-state index is 0.00496. The molecule has 1 saturated heterocycles. The summed E-state index contributed by atoms with van der Waals surface area (Å²) < 4.78 is 19.3. The average molecular weight is 481 g/mol. The van der Waals surface area contributed by atoms with Crippen molar-refractivity contribution in [2.24, 2.45) is 0 Å². The van der Waals surface area contributed by atoms with Crippen molar-refractivity contribution in [3.63, 3.8) is 0 Å². The molecule has 3 rings (SSSR count). The molecule has 0 aliphatic carbocycles. The second-order valence-electron chi connectivity index (χ2n) is 8.02. The topological polar surface area (TPSA) is 58.6 Å². The van der Waals surface area contributed by atoms with Crippen LogP contribution in [0.5, 0.6) is 5.75 Å². The molecule has 1 heterocycles. The summed E-state index contributed by atoms with van der Waals surface area (Å²) in [6, 6.07) is 10.0. The standard InChI is InChI=1S/C24H27Cl2FN2O3/c1-16(30)20-6-5-19(14-23(20)27)32-12-2-3-24(31)28-18-8-10-29(11-9-18)15-17-4-7-21(25)22(26)13-17/h4-7,13-14,18H,2-3,8-12,15H2,1H3,(H,28,31). The molecular weight excluding hydrogens is 454 g/mol. The van der Waals surface area contributed by atoms with Gasteiger partial charge in [-0.15, -0.1) is 0 Å². The number of piperidine rings is 1. The fourth-order valence-corrected chi connectivity index (χ4v) is 4.05. The maximum atomic E-state index is 13.8. The summed E-state index contributed by atoms with van der Waals surface area (Å²) >= 11 is 12.1. The van der Waals surface area contributed by atoms with Crippen LogP contribution in [0.1, 0.15) is 48.5 Å². The third-order valence-corrected chi connectivity index (χ3v) is 6.22. The molecule has 1 aliphatic rings. The van der Waals surface area contributed by atoms with Crippen molar-refractivity contribution in [1.82, 2.24) is 10.2 Å². The Morgan fingerprint density at radius 1 is 1.12 bits per heavy atom. The van der Waals surface area contributed by atoms with Crippen molar-refractivity contribution in [3.05, 3.63) is 63.4 Å². The molecule has 0 radical (unpaired) electrons. The first-order valence-electron chi connectivity index (χ1n) is 10.7. The molecule has 0 atom stereocenters. The molecule has 32 heavy (non-hydrogen) atoms. The monoisotopic (exact) mass is 480 g/mol. The molecule has 1 fully saturated rings. The molecule has 1 N–H and O–H groups in total. The number of nitrogens with zero attached hydrogens (tertiary/aromatic N) is 1. The van der Waals surface area contributed by atoms with Crippen LogP contribution in [0.2, 0.25) is 10.0 Å². The van der Waals surface area contributed by atoms with Gasteiger partial charge in [-0.3, -0.25) is 14.5 Å². The minimum atomic E-state index is -0.599. The number of nitrogens with one attached hydrogen (secondary N) is 1. The van der Waals surface area contributed by atoms with Crippen molar-refractivity contribution in [1.29, 1.82) is 0 Å². The van der Waals surface area contributed by atoms with Gasteiger partial charge in [-0.05, 0) is 56.0 Å². The number of hydrogen-bond acceptors (Lipinski definition) is 4. The second kappa shape index (κ2) is 11.6. The van der Waals surface area contributed by atoms with Gasteiger partial charge in [-0.25, -0.2) is 4.39 Å². The average Bonchev–Trinajstić information content (AvgIpc) is 2.75. The van der Waals surface area contributed by atoms with Gasteiger partial charge in [0.2, 0.25) is 5.91 Å². The molecular formula is C24H27Cl2FN2O3. The number of halogens is 3. The van der Waals surface area contributed by atoms with E-state index in [1.165, 1.54) is 19.1 Å². The summed E-state index contributed by atoms with van der Waals surface area (Å²) in [5.74, 6) is -0.582. The van der Waals surface area contributed by atoms with Crippen LogP contribution in [0.3, 0.4) is 0 Å². The van der Waals surface area contributed by atoms with E-state index < -0.39 is 5.82 Å². The Morgan fingerprint density at radius 2 is 1.88 bits per heavy atom. The van der Waals surface area contributed by atoms with E-state index in [9.17, 15) is 14.0 Å². The SMILES string of the molecule is CC(=O)c1ccc(OCCCC(=O)NC2CCN(Cc3ccc(Cl)c(Cl)c3)CC2)cc1F. The maximum Gasteiger partial charge on any atom is 0.220 e. The van der Waals surface area contributed by atoms with Crippen LogP contribution in [0, 0.1) is 5.82 Å². The van der Waals surface area contributed by atoms with Gasteiger partial charge in [0.05, 0.1) is 22.2 Å². The zero-order valence-electron chi connectivity index (χ0n) is 18.0. The highest BCUT2D eigenvalue weighted by atomic mass is 35.5. The van der Waals surface area contributed by atoms with Crippen LogP contribution in [0.4, 0.5) is 4.39 Å². The van der Waals surface area contributed by atoms with Gasteiger partial charge in [0.15, 0.2) is 5.78 Å². The molecule has 2 aromatic rings. The highest BCUT2D eigenvalue weighted by Gasteiger charge is 2.20. The second-order valence-corrected chi connectivity index (χ2v) is 8.83. The van der Waals surface area contributed by atoms with E-state index in [2.05, 4.69) is 10.2 Å². The summed E-state index contributed by atoms with van der Waals surface area (Å²) in [4.78, 5) is 25.8. The first-order valence-corrected chi connectivity index (χ1v) is 11.5. The van der Waals surface area contributed by atoms with Gasteiger partial charge in [0.1, 0.15) is 11.6 Å². The Balaban J connectivity index is 1.32. The van der Waals surface area contributed by atoms with Crippen LogP contribution in [0.15, 0.2) is 36.4 Å². The fraction of sp³-hybridized carbons (Fsp3) is 0.417. The predicted molar refractivity (Wildman–Crippen MR) is 124 cm³/mol. The van der Waals surface area contributed by atoms with E-state index in [4.69, 9.17) is 27.9 Å². The number of amides is 1. The van der Waals surface area contributed by atoms with Gasteiger partial charge in [-0.2, -0.15) is 0 Å². The van der Waals surface area contributed by atoms with Crippen molar-refractivity contribution in [2.45, 2.75) is 45.2 Å². The van der Waals surface area contributed by atoms with Crippen molar-refractivity contribution in [3.8, 4) is 5.75 Å². The van der Waals surface area contributed by atoms with Crippen molar-refractivity contribution >= 4 is 34.9 Å². The number of ketones is 1. The van der Waals surface area contributed by atoms with Crippen molar-refractivity contribution < 1.29 is 18.7 Å². The molecule has 0 bridgehead atoms. The third kappa shape index (κ3) is 7.19. The predicted octanol–water partition coefficient (Wildman–Crippen LogP) is 5.27. The molecule has 1 aliphatic heterocycles. The van der Waals surface area contributed by atoms with E-state index in [0.717, 1.165) is 38.0 Å². The van der Waals surface area contributed by atoms with Gasteiger partial charge < -0.3 is 10.1 Å². The quantitative estimate of drug-likeness (QED) is 0.392. The Morgan fingerprint density at radius 3 is 2.53 bits per heavy atom. The van der Waals surface area contributed by atoms with E-state index in [1.54, 1.807) is 6.07 Å². The number of carbonyl (C=O) groups is 2. The molecule has 0 unspecified atom stereocenters. The molecule has 0 aromatic heterocycles. The summed E-state index contributed by atoms with van der Waals surface area (Å²) in [6.45, 7) is 4.22. The molecule has 0 spiro atoms. The van der Waals surface area contributed by atoms with E-state index in [1.807, 2.05) is 18.2 Å². The minimum Gasteiger partial charge on any atom is -0.493 e. The molecule has 0 saturated carbocycles. The normalized spacial score (nSPS) is 14.9. The van der Waals surface area contributed by atoms with Crippen LogP contribution < -0.4 is 10.1 Å². The first kappa shape index (κ1) is 24.5. The lowest BCUT2D eigenvalue weighted by Crippen LogP contribution is -2.44. The number of likely N-dealkylation sites (tertiary alicyclic amines) is 1. The van der Waals surface area contributed by atoms with Gasteiger partial charge in [0.25, 0.3) is 0 Å². The Hall–Kier alpha value is -2.15. The van der Waals surface area contributed by atoms with E-state index >= 15 is 0 Å². The Bertz CT molecular complexity index is 962. The lowest BCUT2D eigenvalue weighted by Gasteiger charge is -2.32. The number of carbonyl (C=O) groups excluding carboxylic acids is 2. The fourth-order valence-electron chi connectivity index (χ4n) is 3.73. The van der Waals surface area contributed by atoms with Crippen molar-refractivity contribution in [2.75, 3.05) is 19.7 Å². The Labute approximate surface area is 197 Å². The highest BCUT2D eigenvalue weighted by Crippen LogP contribution is 2.24. The summed E-state index contributed by atoms with van der Waals surface area (Å²) in [6.07, 6.45) is 2.66. The summed E-state index contributed by atoms with van der Waals surface area (Å²) in [5.41, 5.74) is 1.16. The number of rotatable bonds is 9. The van der Waals surface area contributed by atoms with E-state index in [0.29, 0.717) is 35.2 Å². The van der Waals surface area contributed by atoms with Gasteiger partial charge >= 0.3 is 0 Å². The lowest BCUT2D eigenvalue weighted by molar-refractivity contribution is -0.122. The molecule has 1 amide bonds. The smallest absolute Gasteiger partial charge is 0.220 e. The number of benzene rings is 2. The number of ether oxygens (including phenoxy) is 1.